The summed E-state index contributed by atoms with van der Waals surface area (Å²) in [6.45, 7) is 3.42. The van der Waals surface area contributed by atoms with Crippen LogP contribution < -0.4 is 5.32 Å². The number of aromatic nitrogens is 1. The maximum Gasteiger partial charge on any atom is 0.305 e. The minimum absolute atomic E-state index is 0.120. The van der Waals surface area contributed by atoms with Gasteiger partial charge in [0.2, 0.25) is 0 Å². The number of hydrogen-bond donors (Lipinski definition) is 2. The van der Waals surface area contributed by atoms with Crippen LogP contribution in [0.1, 0.15) is 29.3 Å². The molecule has 1 unspecified atom stereocenters. The summed E-state index contributed by atoms with van der Waals surface area (Å²) < 4.78 is 26.0. The summed E-state index contributed by atoms with van der Waals surface area (Å²) in [6.07, 6.45) is 2.28. The third-order valence-corrected chi connectivity index (χ3v) is 5.03. The van der Waals surface area contributed by atoms with Crippen molar-refractivity contribution in [1.29, 1.82) is 0 Å². The van der Waals surface area contributed by atoms with E-state index in [0.29, 0.717) is 0 Å². The van der Waals surface area contributed by atoms with Crippen LogP contribution >= 0.6 is 0 Å². The van der Waals surface area contributed by atoms with Gasteiger partial charge in [-0.25, -0.2) is 12.4 Å². The zero-order chi connectivity index (χ0) is 17.9. The highest BCUT2D eigenvalue weighted by Gasteiger charge is 2.19. The van der Waals surface area contributed by atoms with Crippen molar-refractivity contribution >= 4 is 21.9 Å². The summed E-state index contributed by atoms with van der Waals surface area (Å²) in [5, 5.41) is 11.2. The lowest BCUT2D eigenvalue weighted by Crippen LogP contribution is -2.34. The van der Waals surface area contributed by atoms with Gasteiger partial charge in [0.15, 0.2) is 0 Å². The summed E-state index contributed by atoms with van der Waals surface area (Å²) in [6, 6.07) is 7.19. The number of rotatable bonds is 6. The number of amides is 1. The van der Waals surface area contributed by atoms with Crippen molar-refractivity contribution in [2.45, 2.75) is 31.2 Å². The normalized spacial score (nSPS) is 12.6. The van der Waals surface area contributed by atoms with Crippen molar-refractivity contribution in [2.75, 3.05) is 0 Å². The number of nitrogens with one attached hydrogen (secondary N) is 1. The van der Waals surface area contributed by atoms with Gasteiger partial charge in [0, 0.05) is 18.4 Å². The highest BCUT2D eigenvalue weighted by atomic mass is 32.2. The second-order valence-electron chi connectivity index (χ2n) is 5.52. The number of carbonyl (C=O) groups is 2. The molecule has 1 atom stereocenters. The van der Waals surface area contributed by atoms with Gasteiger partial charge in [-0.1, -0.05) is 17.7 Å². The molecule has 2 N–H and O–H groups in total. The molecule has 24 heavy (non-hydrogen) atoms. The van der Waals surface area contributed by atoms with E-state index in [2.05, 4.69) is 5.32 Å². The van der Waals surface area contributed by atoms with Gasteiger partial charge in [-0.3, -0.25) is 9.59 Å². The van der Waals surface area contributed by atoms with E-state index in [1.165, 1.54) is 30.6 Å². The Morgan fingerprint density at radius 1 is 1.21 bits per heavy atom. The maximum atomic E-state index is 12.5. The van der Waals surface area contributed by atoms with E-state index in [1.807, 2.05) is 6.92 Å². The standard InChI is InChI=1S/C16H18N2O5S/c1-11-3-5-14(6-4-11)24(22,23)18-8-7-13(10-18)16(21)17-12(2)9-15(19)20/h3-8,10,12H,9H2,1-2H3,(H,17,21)(H,19,20). The van der Waals surface area contributed by atoms with Crippen LogP contribution in [0.3, 0.4) is 0 Å². The maximum absolute atomic E-state index is 12.5. The molecular weight excluding hydrogens is 332 g/mol. The minimum atomic E-state index is -3.77. The molecule has 0 bridgehead atoms. The van der Waals surface area contributed by atoms with E-state index in [9.17, 15) is 18.0 Å². The summed E-state index contributed by atoms with van der Waals surface area (Å²) in [5.41, 5.74) is 1.08. The number of carboxylic acids is 1. The van der Waals surface area contributed by atoms with Crippen LogP contribution in [0.25, 0.3) is 0 Å². The van der Waals surface area contributed by atoms with Crippen LogP contribution in [0.4, 0.5) is 0 Å². The van der Waals surface area contributed by atoms with Crippen molar-refractivity contribution in [3.8, 4) is 0 Å². The third kappa shape index (κ3) is 4.02. The summed E-state index contributed by atoms with van der Waals surface area (Å²) in [7, 11) is -3.77. The van der Waals surface area contributed by atoms with E-state index in [0.717, 1.165) is 9.54 Å². The fourth-order valence-electron chi connectivity index (χ4n) is 2.11. The van der Waals surface area contributed by atoms with Crippen LogP contribution in [0.15, 0.2) is 47.6 Å². The Bertz CT molecular complexity index is 853. The fraction of sp³-hybridized carbons (Fsp3) is 0.250. The number of carbonyl (C=O) groups excluding carboxylic acids is 1. The number of aliphatic carboxylic acids is 1. The van der Waals surface area contributed by atoms with Crippen LogP contribution in [-0.4, -0.2) is 35.4 Å². The molecular formula is C16H18N2O5S. The first-order chi connectivity index (χ1) is 11.2. The predicted octanol–water partition coefficient (Wildman–Crippen LogP) is 1.63. The Morgan fingerprint density at radius 3 is 2.42 bits per heavy atom. The average molecular weight is 350 g/mol. The highest BCUT2D eigenvalue weighted by molar-refractivity contribution is 7.90. The Labute approximate surface area is 140 Å². The van der Waals surface area contributed by atoms with Crippen LogP contribution in [0.5, 0.6) is 0 Å². The largest absolute Gasteiger partial charge is 0.481 e. The number of benzene rings is 1. The molecule has 128 valence electrons. The van der Waals surface area contributed by atoms with Crippen LogP contribution in [0, 0.1) is 6.92 Å². The van der Waals surface area contributed by atoms with Gasteiger partial charge in [0.05, 0.1) is 16.9 Å². The zero-order valence-corrected chi connectivity index (χ0v) is 14.1. The van der Waals surface area contributed by atoms with Crippen molar-refractivity contribution in [1.82, 2.24) is 9.29 Å². The number of carboxylic acid groups (broad SMARTS) is 1. The van der Waals surface area contributed by atoms with Crippen LogP contribution in [-0.2, 0) is 14.8 Å². The zero-order valence-electron chi connectivity index (χ0n) is 13.3. The topological polar surface area (TPSA) is 105 Å². The van der Waals surface area contributed by atoms with Crippen molar-refractivity contribution in [2.24, 2.45) is 0 Å². The van der Waals surface area contributed by atoms with Crippen molar-refractivity contribution < 1.29 is 23.1 Å². The first-order valence-electron chi connectivity index (χ1n) is 7.23. The van der Waals surface area contributed by atoms with E-state index in [-0.39, 0.29) is 16.9 Å². The van der Waals surface area contributed by atoms with Gasteiger partial charge in [0.1, 0.15) is 0 Å². The molecule has 7 nitrogen and oxygen atoms in total. The molecule has 8 heteroatoms. The molecule has 0 aliphatic carbocycles. The minimum Gasteiger partial charge on any atom is -0.481 e. The van der Waals surface area contributed by atoms with Crippen LogP contribution in [0.2, 0.25) is 0 Å². The summed E-state index contributed by atoms with van der Waals surface area (Å²) in [5.74, 6) is -1.55. The molecule has 1 heterocycles. The van der Waals surface area contributed by atoms with Crippen molar-refractivity contribution in [3.63, 3.8) is 0 Å². The van der Waals surface area contributed by atoms with E-state index in [4.69, 9.17) is 5.11 Å². The number of hydrogen-bond acceptors (Lipinski definition) is 4. The van der Waals surface area contributed by atoms with Gasteiger partial charge in [0.25, 0.3) is 15.9 Å². The smallest absolute Gasteiger partial charge is 0.305 e. The van der Waals surface area contributed by atoms with Crippen molar-refractivity contribution in [3.05, 3.63) is 53.9 Å². The molecule has 0 saturated heterocycles. The quantitative estimate of drug-likeness (QED) is 0.824. The molecule has 2 rings (SSSR count). The fourth-order valence-corrected chi connectivity index (χ4v) is 3.31. The predicted molar refractivity (Wildman–Crippen MR) is 87.4 cm³/mol. The Hall–Kier alpha value is -2.61. The lowest BCUT2D eigenvalue weighted by molar-refractivity contribution is -0.137. The molecule has 1 aromatic heterocycles. The van der Waals surface area contributed by atoms with Gasteiger partial charge in [-0.2, -0.15) is 0 Å². The van der Waals surface area contributed by atoms with E-state index >= 15 is 0 Å². The SMILES string of the molecule is Cc1ccc(S(=O)(=O)n2ccc(C(=O)NC(C)CC(=O)O)c2)cc1. The monoisotopic (exact) mass is 350 g/mol. The molecule has 1 amide bonds. The Balaban J connectivity index is 2.19. The Kier molecular flexibility index (Phi) is 5.08. The number of nitrogens with zero attached hydrogens (tertiary/aromatic N) is 1. The Morgan fingerprint density at radius 2 is 1.83 bits per heavy atom. The van der Waals surface area contributed by atoms with E-state index < -0.39 is 27.9 Å². The first kappa shape index (κ1) is 17.7. The molecule has 0 saturated carbocycles. The molecule has 0 radical (unpaired) electrons. The lowest BCUT2D eigenvalue weighted by atomic mass is 10.2. The second-order valence-corrected chi connectivity index (χ2v) is 7.36. The first-order valence-corrected chi connectivity index (χ1v) is 8.67. The summed E-state index contributed by atoms with van der Waals surface area (Å²) >= 11 is 0. The third-order valence-electron chi connectivity index (χ3n) is 3.38. The highest BCUT2D eigenvalue weighted by Crippen LogP contribution is 2.16. The lowest BCUT2D eigenvalue weighted by Gasteiger charge is -2.10. The van der Waals surface area contributed by atoms with Gasteiger partial charge in [-0.05, 0) is 32.0 Å². The number of aryl methyl sites for hydroxylation is 1. The van der Waals surface area contributed by atoms with Gasteiger partial charge < -0.3 is 10.4 Å². The molecule has 2 aromatic rings. The second kappa shape index (κ2) is 6.88. The average Bonchev–Trinajstić information content (AvgIpc) is 2.97. The molecule has 0 fully saturated rings. The molecule has 0 aliphatic heterocycles. The van der Waals surface area contributed by atoms with E-state index in [1.54, 1.807) is 19.1 Å². The molecule has 0 spiro atoms. The van der Waals surface area contributed by atoms with Gasteiger partial charge >= 0.3 is 5.97 Å². The molecule has 1 aromatic carbocycles. The van der Waals surface area contributed by atoms with Gasteiger partial charge in [-0.15, -0.1) is 0 Å². The molecule has 0 aliphatic rings. The summed E-state index contributed by atoms with van der Waals surface area (Å²) in [4.78, 5) is 22.8.